The molecule has 1 heterocycles. The number of benzene rings is 2. The summed E-state index contributed by atoms with van der Waals surface area (Å²) in [5.74, 6) is -0.0161. The van der Waals surface area contributed by atoms with Crippen molar-refractivity contribution in [2.45, 2.75) is 39.0 Å². The van der Waals surface area contributed by atoms with Crippen LogP contribution in [-0.4, -0.2) is 10.9 Å². The molecule has 1 aliphatic rings. The fraction of sp³-hybridized carbons (Fsp3) is 0.273. The van der Waals surface area contributed by atoms with Crippen molar-refractivity contribution in [1.29, 1.82) is 0 Å². The fourth-order valence-corrected chi connectivity index (χ4v) is 3.77. The summed E-state index contributed by atoms with van der Waals surface area (Å²) in [6.45, 7) is 2.11. The van der Waals surface area contributed by atoms with Crippen LogP contribution in [0.4, 0.5) is 5.69 Å². The standard InChI is InChI=1S/C22H22N2O/c1-2-15-9-3-6-12-18(15)24-22(25)21-16-10-4-7-13-19(16)23-20-14-8-5-11-17(20)21/h3-4,6-7,9-10,12-13H,2,5,8,11,14H2,1H3,(H,24,25). The Hall–Kier alpha value is -2.68. The van der Waals surface area contributed by atoms with Gasteiger partial charge in [-0.15, -0.1) is 0 Å². The first-order valence-electron chi connectivity index (χ1n) is 9.07. The van der Waals surface area contributed by atoms with Crippen molar-refractivity contribution >= 4 is 22.5 Å². The molecule has 0 fully saturated rings. The number of aromatic nitrogens is 1. The van der Waals surface area contributed by atoms with Gasteiger partial charge < -0.3 is 5.32 Å². The van der Waals surface area contributed by atoms with E-state index in [0.29, 0.717) is 0 Å². The molecule has 4 rings (SSSR count). The van der Waals surface area contributed by atoms with E-state index in [0.717, 1.165) is 71.1 Å². The second-order valence-electron chi connectivity index (χ2n) is 6.60. The average Bonchev–Trinajstić information content (AvgIpc) is 2.66. The van der Waals surface area contributed by atoms with Crippen molar-refractivity contribution in [1.82, 2.24) is 4.98 Å². The highest BCUT2D eigenvalue weighted by Crippen LogP contribution is 2.30. The van der Waals surface area contributed by atoms with Crippen LogP contribution in [0.3, 0.4) is 0 Å². The Morgan fingerprint density at radius 2 is 1.80 bits per heavy atom. The Balaban J connectivity index is 1.83. The Morgan fingerprint density at radius 3 is 2.68 bits per heavy atom. The zero-order valence-corrected chi connectivity index (χ0v) is 14.5. The van der Waals surface area contributed by atoms with Gasteiger partial charge in [0.25, 0.3) is 5.91 Å². The van der Waals surface area contributed by atoms with E-state index < -0.39 is 0 Å². The Kier molecular flexibility index (Phi) is 4.22. The van der Waals surface area contributed by atoms with Crippen molar-refractivity contribution in [2.24, 2.45) is 0 Å². The van der Waals surface area contributed by atoms with E-state index in [2.05, 4.69) is 18.3 Å². The second kappa shape index (κ2) is 6.67. The van der Waals surface area contributed by atoms with Crippen molar-refractivity contribution in [3.05, 3.63) is 70.9 Å². The predicted molar refractivity (Wildman–Crippen MR) is 102 cm³/mol. The summed E-state index contributed by atoms with van der Waals surface area (Å²) in [5, 5.41) is 4.11. The number of nitrogens with zero attached hydrogens (tertiary/aromatic N) is 1. The Morgan fingerprint density at radius 1 is 1.04 bits per heavy atom. The minimum Gasteiger partial charge on any atom is -0.322 e. The highest BCUT2D eigenvalue weighted by atomic mass is 16.1. The highest BCUT2D eigenvalue weighted by Gasteiger charge is 2.22. The van der Waals surface area contributed by atoms with Crippen molar-refractivity contribution < 1.29 is 4.79 Å². The molecule has 0 aliphatic heterocycles. The highest BCUT2D eigenvalue weighted by molar-refractivity contribution is 6.13. The van der Waals surface area contributed by atoms with Gasteiger partial charge >= 0.3 is 0 Å². The van der Waals surface area contributed by atoms with Gasteiger partial charge in [0.05, 0.1) is 11.1 Å². The molecule has 3 nitrogen and oxygen atoms in total. The van der Waals surface area contributed by atoms with Gasteiger partial charge in [-0.3, -0.25) is 9.78 Å². The molecular formula is C22H22N2O. The molecule has 1 aliphatic carbocycles. The molecule has 0 radical (unpaired) electrons. The molecule has 0 atom stereocenters. The summed E-state index contributed by atoms with van der Waals surface area (Å²) in [7, 11) is 0. The SMILES string of the molecule is CCc1ccccc1NC(=O)c1c2c(nc3ccccc13)CCCC2. The second-order valence-corrected chi connectivity index (χ2v) is 6.60. The maximum atomic E-state index is 13.2. The monoisotopic (exact) mass is 330 g/mol. The number of anilines is 1. The van der Waals surface area contributed by atoms with E-state index in [9.17, 15) is 4.79 Å². The van der Waals surface area contributed by atoms with Crippen LogP contribution in [0.5, 0.6) is 0 Å². The number of amides is 1. The smallest absolute Gasteiger partial charge is 0.256 e. The number of carbonyl (C=O) groups excluding carboxylic acids is 1. The molecule has 0 bridgehead atoms. The third kappa shape index (κ3) is 2.91. The van der Waals surface area contributed by atoms with Crippen LogP contribution in [-0.2, 0) is 19.3 Å². The maximum absolute atomic E-state index is 13.2. The van der Waals surface area contributed by atoms with Crippen molar-refractivity contribution in [3.8, 4) is 0 Å². The molecule has 1 amide bonds. The van der Waals surface area contributed by atoms with Gasteiger partial charge in [0.15, 0.2) is 0 Å². The maximum Gasteiger partial charge on any atom is 0.256 e. The lowest BCUT2D eigenvalue weighted by Gasteiger charge is -2.20. The molecule has 0 saturated carbocycles. The number of carbonyl (C=O) groups is 1. The van der Waals surface area contributed by atoms with Crippen LogP contribution in [0.2, 0.25) is 0 Å². The molecule has 126 valence electrons. The first kappa shape index (κ1) is 15.8. The van der Waals surface area contributed by atoms with Crippen molar-refractivity contribution in [2.75, 3.05) is 5.32 Å². The van der Waals surface area contributed by atoms with Crippen molar-refractivity contribution in [3.63, 3.8) is 0 Å². The molecule has 3 aromatic rings. The van der Waals surface area contributed by atoms with E-state index in [-0.39, 0.29) is 5.91 Å². The van der Waals surface area contributed by atoms with E-state index >= 15 is 0 Å². The molecule has 1 N–H and O–H groups in total. The summed E-state index contributed by atoms with van der Waals surface area (Å²) in [6.07, 6.45) is 5.07. The number of hydrogen-bond donors (Lipinski definition) is 1. The molecule has 3 heteroatoms. The molecule has 25 heavy (non-hydrogen) atoms. The number of pyridine rings is 1. The molecule has 0 saturated heterocycles. The third-order valence-corrected chi connectivity index (χ3v) is 5.04. The summed E-state index contributed by atoms with van der Waals surface area (Å²) in [4.78, 5) is 18.0. The van der Waals surface area contributed by atoms with Crippen LogP contribution >= 0.6 is 0 Å². The van der Waals surface area contributed by atoms with Gasteiger partial charge in [-0.1, -0.05) is 43.3 Å². The van der Waals surface area contributed by atoms with Gasteiger partial charge in [-0.2, -0.15) is 0 Å². The number of fused-ring (bicyclic) bond motifs is 2. The molecular weight excluding hydrogens is 308 g/mol. The minimum atomic E-state index is -0.0161. The lowest BCUT2D eigenvalue weighted by molar-refractivity contribution is 0.102. The predicted octanol–water partition coefficient (Wildman–Crippen LogP) is 4.93. The molecule has 0 unspecified atom stereocenters. The number of aryl methyl sites for hydroxylation is 2. The fourth-order valence-electron chi connectivity index (χ4n) is 3.77. The summed E-state index contributed by atoms with van der Waals surface area (Å²) in [6, 6.07) is 16.0. The van der Waals surface area contributed by atoms with Crippen LogP contribution in [0.25, 0.3) is 10.9 Å². The average molecular weight is 330 g/mol. The first-order valence-corrected chi connectivity index (χ1v) is 9.07. The zero-order chi connectivity index (χ0) is 17.2. The molecule has 0 spiro atoms. The quantitative estimate of drug-likeness (QED) is 0.740. The normalized spacial score (nSPS) is 13.5. The number of rotatable bonds is 3. The lowest BCUT2D eigenvalue weighted by atomic mass is 9.89. The molecule has 1 aromatic heterocycles. The van der Waals surface area contributed by atoms with Crippen LogP contribution in [0.1, 0.15) is 46.9 Å². The molecule has 2 aromatic carbocycles. The summed E-state index contributed by atoms with van der Waals surface area (Å²) >= 11 is 0. The first-order chi connectivity index (χ1) is 12.3. The summed E-state index contributed by atoms with van der Waals surface area (Å²) in [5.41, 5.74) is 6.02. The topological polar surface area (TPSA) is 42.0 Å². The Labute approximate surface area is 148 Å². The van der Waals surface area contributed by atoms with Gasteiger partial charge in [-0.05, 0) is 55.4 Å². The zero-order valence-electron chi connectivity index (χ0n) is 14.5. The van der Waals surface area contributed by atoms with Crippen LogP contribution in [0.15, 0.2) is 48.5 Å². The Bertz CT molecular complexity index is 946. The number of nitrogens with one attached hydrogen (secondary N) is 1. The van der Waals surface area contributed by atoms with E-state index in [1.54, 1.807) is 0 Å². The lowest BCUT2D eigenvalue weighted by Crippen LogP contribution is -2.19. The van der Waals surface area contributed by atoms with Crippen LogP contribution in [0, 0.1) is 0 Å². The van der Waals surface area contributed by atoms with Gasteiger partial charge in [-0.25, -0.2) is 0 Å². The third-order valence-electron chi connectivity index (χ3n) is 5.04. The van der Waals surface area contributed by atoms with Gasteiger partial charge in [0.1, 0.15) is 0 Å². The summed E-state index contributed by atoms with van der Waals surface area (Å²) < 4.78 is 0. The van der Waals surface area contributed by atoms with E-state index in [1.165, 1.54) is 0 Å². The van der Waals surface area contributed by atoms with Crippen LogP contribution < -0.4 is 5.32 Å². The van der Waals surface area contributed by atoms with Gasteiger partial charge in [0, 0.05) is 16.8 Å². The number of hydrogen-bond acceptors (Lipinski definition) is 2. The number of para-hydroxylation sites is 2. The minimum absolute atomic E-state index is 0.0161. The van der Waals surface area contributed by atoms with E-state index in [1.807, 2.05) is 42.5 Å². The largest absolute Gasteiger partial charge is 0.322 e. The van der Waals surface area contributed by atoms with Gasteiger partial charge in [0.2, 0.25) is 0 Å². The van der Waals surface area contributed by atoms with E-state index in [4.69, 9.17) is 4.98 Å².